The molecule has 2 aromatic carbocycles. The zero-order chi connectivity index (χ0) is 19.0. The van der Waals surface area contributed by atoms with Crippen LogP contribution in [0, 0.1) is 0 Å². The highest BCUT2D eigenvalue weighted by Gasteiger charge is 2.19. The van der Waals surface area contributed by atoms with E-state index in [1.807, 2.05) is 30.3 Å². The zero-order valence-electron chi connectivity index (χ0n) is 15.4. The molecule has 0 aliphatic carbocycles. The minimum atomic E-state index is -0.0691. The van der Waals surface area contributed by atoms with E-state index in [-0.39, 0.29) is 12.7 Å². The van der Waals surface area contributed by atoms with Crippen molar-refractivity contribution in [2.45, 2.75) is 19.8 Å². The van der Waals surface area contributed by atoms with Crippen molar-refractivity contribution in [3.63, 3.8) is 0 Å². The van der Waals surface area contributed by atoms with Crippen LogP contribution in [0.5, 0.6) is 11.5 Å². The lowest BCUT2D eigenvalue weighted by Gasteiger charge is -2.18. The Kier molecular flexibility index (Phi) is 4.58. The molecule has 0 spiro atoms. The van der Waals surface area contributed by atoms with E-state index in [9.17, 15) is 4.79 Å². The molecule has 138 valence electrons. The number of hydrogen-bond acceptors (Lipinski definition) is 5. The molecule has 6 heteroatoms. The second-order valence-electron chi connectivity index (χ2n) is 6.71. The number of rotatable bonds is 4. The van der Waals surface area contributed by atoms with E-state index in [0.717, 1.165) is 22.0 Å². The van der Waals surface area contributed by atoms with Crippen molar-refractivity contribution in [2.24, 2.45) is 0 Å². The minimum absolute atomic E-state index is 0.0691. The fourth-order valence-corrected chi connectivity index (χ4v) is 3.80. The molecule has 0 saturated heterocycles. The summed E-state index contributed by atoms with van der Waals surface area (Å²) in [6.45, 7) is 4.52. The Morgan fingerprint density at radius 3 is 2.78 bits per heavy atom. The molecule has 1 aromatic heterocycles. The number of carbonyl (C=O) groups excluding carboxylic acids is 1. The molecule has 2 heterocycles. The van der Waals surface area contributed by atoms with E-state index < -0.39 is 0 Å². The van der Waals surface area contributed by atoms with Gasteiger partial charge in [-0.1, -0.05) is 26.0 Å². The third-order valence-corrected chi connectivity index (χ3v) is 5.60. The molecule has 0 atom stereocenters. The predicted octanol–water partition coefficient (Wildman–Crippen LogP) is 4.94. The average Bonchev–Trinajstić information content (AvgIpc) is 3.35. The van der Waals surface area contributed by atoms with Gasteiger partial charge in [0, 0.05) is 18.3 Å². The molecule has 0 unspecified atom stereocenters. The van der Waals surface area contributed by atoms with Crippen LogP contribution in [0.25, 0.3) is 10.6 Å². The number of carbonyl (C=O) groups is 1. The third kappa shape index (κ3) is 3.40. The standard InChI is InChI=1S/C21H20N2O3S/c1-13(2)14-5-4-6-16(9-14)23(3)21(24)19-11-22-20(27-19)15-7-8-17-18(10-15)26-12-25-17/h4-11,13H,12H2,1-3H3. The smallest absolute Gasteiger partial charge is 0.269 e. The molecular weight excluding hydrogens is 360 g/mol. The molecule has 1 aliphatic rings. The monoisotopic (exact) mass is 380 g/mol. The van der Waals surface area contributed by atoms with Crippen molar-refractivity contribution in [1.82, 2.24) is 4.98 Å². The Morgan fingerprint density at radius 1 is 1.15 bits per heavy atom. The molecule has 0 fully saturated rings. The lowest BCUT2D eigenvalue weighted by molar-refractivity contribution is 0.0996. The van der Waals surface area contributed by atoms with Gasteiger partial charge in [0.2, 0.25) is 6.79 Å². The number of amides is 1. The molecule has 3 aromatic rings. The molecule has 0 N–H and O–H groups in total. The maximum absolute atomic E-state index is 12.9. The maximum atomic E-state index is 12.9. The van der Waals surface area contributed by atoms with E-state index in [1.165, 1.54) is 16.9 Å². The first-order chi connectivity index (χ1) is 13.0. The van der Waals surface area contributed by atoms with E-state index >= 15 is 0 Å². The molecule has 27 heavy (non-hydrogen) atoms. The first-order valence-corrected chi connectivity index (χ1v) is 9.58. The predicted molar refractivity (Wildman–Crippen MR) is 107 cm³/mol. The van der Waals surface area contributed by atoms with Crippen LogP contribution in [0.15, 0.2) is 48.7 Å². The fraction of sp³-hybridized carbons (Fsp3) is 0.238. The normalized spacial score (nSPS) is 12.4. The van der Waals surface area contributed by atoms with Crippen LogP contribution >= 0.6 is 11.3 Å². The largest absolute Gasteiger partial charge is 0.454 e. The summed E-state index contributed by atoms with van der Waals surface area (Å²) in [6.07, 6.45) is 1.63. The summed E-state index contributed by atoms with van der Waals surface area (Å²) in [4.78, 5) is 19.6. The molecule has 0 radical (unpaired) electrons. The number of aromatic nitrogens is 1. The van der Waals surface area contributed by atoms with Crippen molar-refractivity contribution in [1.29, 1.82) is 0 Å². The summed E-state index contributed by atoms with van der Waals surface area (Å²) in [5.41, 5.74) is 2.99. The van der Waals surface area contributed by atoms with Crippen LogP contribution in [0.2, 0.25) is 0 Å². The summed E-state index contributed by atoms with van der Waals surface area (Å²) in [6, 6.07) is 13.8. The average molecular weight is 380 g/mol. The second kappa shape index (κ2) is 7.04. The van der Waals surface area contributed by atoms with Gasteiger partial charge in [0.25, 0.3) is 5.91 Å². The Hall–Kier alpha value is -2.86. The number of ether oxygens (including phenoxy) is 2. The van der Waals surface area contributed by atoms with E-state index in [2.05, 4.69) is 31.0 Å². The summed E-state index contributed by atoms with van der Waals surface area (Å²) in [7, 11) is 1.79. The zero-order valence-corrected chi connectivity index (χ0v) is 16.2. The fourth-order valence-electron chi connectivity index (χ4n) is 2.91. The van der Waals surface area contributed by atoms with Crippen LogP contribution in [0.1, 0.15) is 35.0 Å². The van der Waals surface area contributed by atoms with Crippen molar-refractivity contribution >= 4 is 22.9 Å². The number of fused-ring (bicyclic) bond motifs is 1. The van der Waals surface area contributed by atoms with E-state index in [4.69, 9.17) is 9.47 Å². The number of hydrogen-bond donors (Lipinski definition) is 0. The van der Waals surface area contributed by atoms with Gasteiger partial charge in [0.15, 0.2) is 11.5 Å². The highest BCUT2D eigenvalue weighted by Crippen LogP contribution is 2.37. The molecule has 5 nitrogen and oxygen atoms in total. The lowest BCUT2D eigenvalue weighted by Crippen LogP contribution is -2.25. The molecule has 0 saturated carbocycles. The van der Waals surface area contributed by atoms with Gasteiger partial charge in [0.05, 0.1) is 6.20 Å². The third-order valence-electron chi connectivity index (χ3n) is 4.56. The Balaban J connectivity index is 1.57. The van der Waals surface area contributed by atoms with Crippen LogP contribution in [-0.2, 0) is 0 Å². The van der Waals surface area contributed by atoms with Crippen LogP contribution < -0.4 is 14.4 Å². The molecule has 1 amide bonds. The first-order valence-electron chi connectivity index (χ1n) is 8.77. The SMILES string of the molecule is CC(C)c1cccc(N(C)C(=O)c2cnc(-c3ccc4c(c3)OCO4)s2)c1. The van der Waals surface area contributed by atoms with Gasteiger partial charge in [-0.05, 0) is 41.8 Å². The Bertz CT molecular complexity index is 997. The van der Waals surface area contributed by atoms with Gasteiger partial charge in [-0.25, -0.2) is 4.98 Å². The van der Waals surface area contributed by atoms with Crippen molar-refractivity contribution in [3.05, 3.63) is 59.1 Å². The van der Waals surface area contributed by atoms with Crippen LogP contribution in [0.3, 0.4) is 0 Å². The first kappa shape index (κ1) is 17.5. The van der Waals surface area contributed by atoms with E-state index in [0.29, 0.717) is 16.5 Å². The Labute approximate surface area is 162 Å². The van der Waals surface area contributed by atoms with Crippen molar-refractivity contribution in [3.8, 4) is 22.1 Å². The molecule has 4 rings (SSSR count). The van der Waals surface area contributed by atoms with Crippen molar-refractivity contribution < 1.29 is 14.3 Å². The molecule has 0 bridgehead atoms. The van der Waals surface area contributed by atoms with Crippen molar-refractivity contribution in [2.75, 3.05) is 18.7 Å². The van der Waals surface area contributed by atoms with Gasteiger partial charge >= 0.3 is 0 Å². The maximum Gasteiger partial charge on any atom is 0.269 e. The molecular formula is C21H20N2O3S. The summed E-state index contributed by atoms with van der Waals surface area (Å²) in [5, 5.41) is 0.779. The van der Waals surface area contributed by atoms with Gasteiger partial charge < -0.3 is 14.4 Å². The summed E-state index contributed by atoms with van der Waals surface area (Å²) >= 11 is 1.37. The summed E-state index contributed by atoms with van der Waals surface area (Å²) < 4.78 is 10.8. The molecule has 1 aliphatic heterocycles. The second-order valence-corrected chi connectivity index (χ2v) is 7.74. The van der Waals surface area contributed by atoms with E-state index in [1.54, 1.807) is 18.1 Å². The van der Waals surface area contributed by atoms with Gasteiger partial charge in [-0.2, -0.15) is 0 Å². The van der Waals surface area contributed by atoms with Gasteiger partial charge in [-0.15, -0.1) is 11.3 Å². The lowest BCUT2D eigenvalue weighted by atomic mass is 10.0. The van der Waals surface area contributed by atoms with Crippen LogP contribution in [0.4, 0.5) is 5.69 Å². The quantitative estimate of drug-likeness (QED) is 0.643. The number of nitrogens with zero attached hydrogens (tertiary/aromatic N) is 2. The topological polar surface area (TPSA) is 51.7 Å². The van der Waals surface area contributed by atoms with Gasteiger partial charge in [-0.3, -0.25) is 4.79 Å². The minimum Gasteiger partial charge on any atom is -0.454 e. The van der Waals surface area contributed by atoms with Crippen LogP contribution in [-0.4, -0.2) is 24.7 Å². The summed E-state index contributed by atoms with van der Waals surface area (Å²) in [5.74, 6) is 1.78. The number of anilines is 1. The highest BCUT2D eigenvalue weighted by molar-refractivity contribution is 7.17. The Morgan fingerprint density at radius 2 is 1.96 bits per heavy atom. The number of thiazole rings is 1. The van der Waals surface area contributed by atoms with Gasteiger partial charge in [0.1, 0.15) is 9.88 Å². The highest BCUT2D eigenvalue weighted by atomic mass is 32.1. The number of benzene rings is 2.